The number of nitrogens with zero attached hydrogens (tertiary/aromatic N) is 2. The van der Waals surface area contributed by atoms with E-state index in [0.717, 1.165) is 11.3 Å². The van der Waals surface area contributed by atoms with E-state index in [1.807, 2.05) is 35.9 Å². The normalized spacial score (nSPS) is 11.5. The Morgan fingerprint density at radius 2 is 2.00 bits per heavy atom. The highest BCUT2D eigenvalue weighted by Crippen LogP contribution is 2.09. The number of benzene rings is 1. The van der Waals surface area contributed by atoms with Crippen molar-refractivity contribution >= 4 is 23.2 Å². The third kappa shape index (κ3) is 4.00. The lowest BCUT2D eigenvalue weighted by Crippen LogP contribution is -2.22. The van der Waals surface area contributed by atoms with Crippen molar-refractivity contribution in [2.45, 2.75) is 20.4 Å². The second-order valence-corrected chi connectivity index (χ2v) is 6.53. The molecule has 2 heterocycles. The minimum atomic E-state index is -0.405. The molecule has 1 N–H and O–H groups in total. The van der Waals surface area contributed by atoms with Crippen molar-refractivity contribution in [3.05, 3.63) is 75.4 Å². The monoisotopic (exact) mass is 369 g/mol. The number of nitrogens with one attached hydrogen (secondary N) is 1. The van der Waals surface area contributed by atoms with Crippen LogP contribution in [0.2, 0.25) is 0 Å². The van der Waals surface area contributed by atoms with Gasteiger partial charge in [0.1, 0.15) is 0 Å². The maximum atomic E-state index is 12.2. The van der Waals surface area contributed by atoms with E-state index in [4.69, 9.17) is 4.42 Å². The first-order chi connectivity index (χ1) is 12.6. The molecule has 0 saturated carbocycles. The average molecular weight is 369 g/mol. The van der Waals surface area contributed by atoms with Crippen molar-refractivity contribution in [1.29, 1.82) is 0 Å². The molecule has 2 aromatic heterocycles. The van der Waals surface area contributed by atoms with Crippen LogP contribution in [0.25, 0.3) is 0 Å². The summed E-state index contributed by atoms with van der Waals surface area (Å²) in [6.45, 7) is 5.02. The Bertz CT molecular complexity index is 966. The van der Waals surface area contributed by atoms with Gasteiger partial charge in [-0.25, -0.2) is 0 Å². The molecule has 0 radical (unpaired) electrons. The number of aryl methyl sites for hydroxylation is 1. The van der Waals surface area contributed by atoms with Crippen LogP contribution in [0.4, 0.5) is 0 Å². The quantitative estimate of drug-likeness (QED) is 0.751. The van der Waals surface area contributed by atoms with Crippen LogP contribution < -0.4 is 10.1 Å². The summed E-state index contributed by atoms with van der Waals surface area (Å²) in [5, 5.41) is 4.73. The number of rotatable bonds is 5. The number of hydrogen-bond acceptors (Lipinski definition) is 4. The van der Waals surface area contributed by atoms with Crippen LogP contribution in [0.5, 0.6) is 0 Å². The van der Waals surface area contributed by atoms with Crippen molar-refractivity contribution in [1.82, 2.24) is 9.88 Å². The summed E-state index contributed by atoms with van der Waals surface area (Å²) in [7, 11) is 0. The standard InChI is InChI=1S/C19H19N3O3S/c1-3-20-17(23)15-8-6-14(7-9-15)11-22-13(2)12-26-19(22)21-18(24)16-5-4-10-25-16/h4-10,12H,3,11H2,1-2H3,(H,20,23). The van der Waals surface area contributed by atoms with Crippen molar-refractivity contribution in [2.75, 3.05) is 6.54 Å². The predicted octanol–water partition coefficient (Wildman–Crippen LogP) is 2.99. The Labute approximate surface area is 154 Å². The summed E-state index contributed by atoms with van der Waals surface area (Å²) >= 11 is 1.41. The van der Waals surface area contributed by atoms with Crippen LogP contribution in [0.1, 0.15) is 39.1 Å². The van der Waals surface area contributed by atoms with E-state index < -0.39 is 5.91 Å². The lowest BCUT2D eigenvalue weighted by atomic mass is 10.1. The number of thiazole rings is 1. The molecular formula is C19H19N3O3S. The van der Waals surface area contributed by atoms with Gasteiger partial charge in [-0.15, -0.1) is 11.3 Å². The third-order valence-corrected chi connectivity index (χ3v) is 4.80. The molecule has 2 amide bonds. The van der Waals surface area contributed by atoms with E-state index >= 15 is 0 Å². The molecule has 134 valence electrons. The topological polar surface area (TPSA) is 76.6 Å². The fourth-order valence-corrected chi connectivity index (χ4v) is 3.32. The van der Waals surface area contributed by atoms with Gasteiger partial charge < -0.3 is 14.3 Å². The van der Waals surface area contributed by atoms with Gasteiger partial charge in [-0.2, -0.15) is 4.99 Å². The summed E-state index contributed by atoms with van der Waals surface area (Å²) in [5.41, 5.74) is 2.65. The SMILES string of the molecule is CCNC(=O)c1ccc(Cn2c(C)csc2=NC(=O)c2ccco2)cc1. The predicted molar refractivity (Wildman–Crippen MR) is 99.2 cm³/mol. The molecule has 0 fully saturated rings. The number of furan rings is 1. The summed E-state index contributed by atoms with van der Waals surface area (Å²) < 4.78 is 7.07. The molecule has 3 rings (SSSR count). The molecule has 0 unspecified atom stereocenters. The lowest BCUT2D eigenvalue weighted by molar-refractivity contribution is 0.0952. The zero-order chi connectivity index (χ0) is 18.5. The number of aromatic nitrogens is 1. The Balaban J connectivity index is 1.83. The first-order valence-electron chi connectivity index (χ1n) is 8.23. The van der Waals surface area contributed by atoms with E-state index in [1.165, 1.54) is 17.6 Å². The summed E-state index contributed by atoms with van der Waals surface area (Å²) in [6, 6.07) is 10.7. The molecule has 0 bridgehead atoms. The van der Waals surface area contributed by atoms with Gasteiger partial charge in [0, 0.05) is 23.2 Å². The molecule has 0 saturated heterocycles. The number of hydrogen-bond donors (Lipinski definition) is 1. The average Bonchev–Trinajstić information content (AvgIpc) is 3.28. The maximum absolute atomic E-state index is 12.2. The first-order valence-corrected chi connectivity index (χ1v) is 9.11. The van der Waals surface area contributed by atoms with Gasteiger partial charge in [-0.1, -0.05) is 12.1 Å². The van der Waals surface area contributed by atoms with Gasteiger partial charge in [0.25, 0.3) is 5.91 Å². The van der Waals surface area contributed by atoms with Gasteiger partial charge in [-0.05, 0) is 43.7 Å². The molecule has 0 atom stereocenters. The summed E-state index contributed by atoms with van der Waals surface area (Å²) in [4.78, 5) is 28.8. The van der Waals surface area contributed by atoms with Gasteiger partial charge >= 0.3 is 5.91 Å². The Morgan fingerprint density at radius 1 is 1.23 bits per heavy atom. The smallest absolute Gasteiger partial charge is 0.315 e. The fraction of sp³-hybridized carbons (Fsp3) is 0.211. The zero-order valence-electron chi connectivity index (χ0n) is 14.6. The number of carbonyl (C=O) groups excluding carboxylic acids is 2. The number of amides is 2. The highest BCUT2D eigenvalue weighted by Gasteiger charge is 2.10. The van der Waals surface area contributed by atoms with Gasteiger partial charge in [0.15, 0.2) is 10.6 Å². The molecule has 26 heavy (non-hydrogen) atoms. The maximum Gasteiger partial charge on any atom is 0.315 e. The van der Waals surface area contributed by atoms with Crippen LogP contribution in [-0.2, 0) is 6.54 Å². The molecular weight excluding hydrogens is 350 g/mol. The molecule has 1 aromatic carbocycles. The van der Waals surface area contributed by atoms with Crippen LogP contribution >= 0.6 is 11.3 Å². The fourth-order valence-electron chi connectivity index (χ4n) is 2.44. The van der Waals surface area contributed by atoms with Crippen molar-refractivity contribution < 1.29 is 14.0 Å². The summed E-state index contributed by atoms with van der Waals surface area (Å²) in [6.07, 6.45) is 1.45. The Morgan fingerprint density at radius 3 is 2.65 bits per heavy atom. The van der Waals surface area contributed by atoms with Crippen molar-refractivity contribution in [3.63, 3.8) is 0 Å². The summed E-state index contributed by atoms with van der Waals surface area (Å²) in [5.74, 6) is -0.274. The van der Waals surface area contributed by atoms with E-state index in [9.17, 15) is 9.59 Å². The zero-order valence-corrected chi connectivity index (χ0v) is 15.4. The van der Waals surface area contributed by atoms with E-state index in [0.29, 0.717) is 23.5 Å². The molecule has 0 aliphatic heterocycles. The first kappa shape index (κ1) is 17.9. The van der Waals surface area contributed by atoms with E-state index in [-0.39, 0.29) is 11.7 Å². The van der Waals surface area contributed by atoms with Crippen LogP contribution in [0.3, 0.4) is 0 Å². The second-order valence-electron chi connectivity index (χ2n) is 5.70. The minimum absolute atomic E-state index is 0.0850. The second kappa shape index (κ2) is 7.97. The van der Waals surface area contributed by atoms with E-state index in [2.05, 4.69) is 10.3 Å². The molecule has 0 aliphatic carbocycles. The Hall–Kier alpha value is -2.93. The largest absolute Gasteiger partial charge is 0.459 e. The van der Waals surface area contributed by atoms with Crippen LogP contribution in [0.15, 0.2) is 57.5 Å². The molecule has 0 spiro atoms. The Kier molecular flexibility index (Phi) is 5.48. The highest BCUT2D eigenvalue weighted by atomic mass is 32.1. The molecule has 0 aliphatic rings. The molecule has 6 nitrogen and oxygen atoms in total. The van der Waals surface area contributed by atoms with Gasteiger partial charge in [0.05, 0.1) is 12.8 Å². The van der Waals surface area contributed by atoms with Gasteiger partial charge in [0.2, 0.25) is 0 Å². The third-order valence-electron chi connectivity index (χ3n) is 3.81. The van der Waals surface area contributed by atoms with Crippen molar-refractivity contribution in [3.8, 4) is 0 Å². The highest BCUT2D eigenvalue weighted by molar-refractivity contribution is 7.07. The van der Waals surface area contributed by atoms with Gasteiger partial charge in [-0.3, -0.25) is 9.59 Å². The van der Waals surface area contributed by atoms with E-state index in [1.54, 1.807) is 24.3 Å². The minimum Gasteiger partial charge on any atom is -0.459 e. The molecule has 7 heteroatoms. The van der Waals surface area contributed by atoms with Crippen molar-refractivity contribution in [2.24, 2.45) is 4.99 Å². The number of carbonyl (C=O) groups is 2. The van der Waals surface area contributed by atoms with Crippen LogP contribution in [-0.4, -0.2) is 22.9 Å². The lowest BCUT2D eigenvalue weighted by Gasteiger charge is -2.07. The van der Waals surface area contributed by atoms with Crippen LogP contribution in [0, 0.1) is 6.92 Å². The molecule has 3 aromatic rings.